The first-order chi connectivity index (χ1) is 11.9. The molecule has 0 spiro atoms. The number of nitrogens with two attached hydrogens (primary N) is 1. The Bertz CT molecular complexity index is 771. The third-order valence-corrected chi connectivity index (χ3v) is 5.42. The van der Waals surface area contributed by atoms with Crippen LogP contribution in [0, 0.1) is 10.1 Å². The van der Waals surface area contributed by atoms with Crippen LogP contribution in [0.4, 0.5) is 11.4 Å². The molecule has 1 aliphatic heterocycles. The fourth-order valence-corrected chi connectivity index (χ4v) is 3.83. The lowest BCUT2D eigenvalue weighted by molar-refractivity contribution is -0.385. The van der Waals surface area contributed by atoms with Crippen molar-refractivity contribution in [3.63, 3.8) is 0 Å². The number of hydrogen-bond acceptors (Lipinski definition) is 7. The standard InChI is InChI=1S/C16H26N4O5S/c1-11-8-19(9-12(2)25-11)16(3,4)10-18-14-6-5-13(20(21)22)7-15(14)26(17,23)24/h5-7,11-12,18H,8-10H2,1-4H3,(H2,17,23,24)/t11-,12-/m1/s1. The summed E-state index contributed by atoms with van der Waals surface area (Å²) in [6.07, 6.45) is 0.217. The maximum Gasteiger partial charge on any atom is 0.270 e. The van der Waals surface area contributed by atoms with Gasteiger partial charge >= 0.3 is 0 Å². The minimum absolute atomic E-state index is 0.109. The van der Waals surface area contributed by atoms with Crippen LogP contribution in [-0.4, -0.2) is 55.6 Å². The molecule has 10 heteroatoms. The van der Waals surface area contributed by atoms with E-state index in [9.17, 15) is 18.5 Å². The van der Waals surface area contributed by atoms with E-state index in [1.807, 2.05) is 27.7 Å². The first kappa shape index (κ1) is 20.6. The van der Waals surface area contributed by atoms with E-state index in [1.165, 1.54) is 12.1 Å². The molecule has 0 amide bonds. The van der Waals surface area contributed by atoms with Crippen LogP contribution in [0.25, 0.3) is 0 Å². The predicted molar refractivity (Wildman–Crippen MR) is 98.6 cm³/mol. The van der Waals surface area contributed by atoms with Gasteiger partial charge < -0.3 is 10.1 Å². The maximum atomic E-state index is 11.8. The normalized spacial score (nSPS) is 22.2. The molecule has 0 radical (unpaired) electrons. The number of nitro groups is 1. The number of benzene rings is 1. The van der Waals surface area contributed by atoms with Crippen molar-refractivity contribution in [3.8, 4) is 0 Å². The lowest BCUT2D eigenvalue weighted by atomic mass is 10.00. The molecule has 0 aromatic heterocycles. The third kappa shape index (κ3) is 4.91. The largest absolute Gasteiger partial charge is 0.382 e. The Morgan fingerprint density at radius 3 is 2.42 bits per heavy atom. The van der Waals surface area contributed by atoms with Crippen LogP contribution >= 0.6 is 0 Å². The summed E-state index contributed by atoms with van der Waals surface area (Å²) in [7, 11) is -4.10. The molecular formula is C16H26N4O5S. The summed E-state index contributed by atoms with van der Waals surface area (Å²) in [6.45, 7) is 10.1. The van der Waals surface area contributed by atoms with Crippen molar-refractivity contribution in [3.05, 3.63) is 28.3 Å². The number of sulfonamides is 1. The van der Waals surface area contributed by atoms with E-state index < -0.39 is 14.9 Å². The molecule has 0 aliphatic carbocycles. The number of primary sulfonamides is 1. The number of nitro benzene ring substituents is 1. The predicted octanol–water partition coefficient (Wildman–Crippen LogP) is 1.54. The maximum absolute atomic E-state index is 11.8. The smallest absolute Gasteiger partial charge is 0.270 e. The van der Waals surface area contributed by atoms with Crippen molar-refractivity contribution in [2.24, 2.45) is 5.14 Å². The average Bonchev–Trinajstić information content (AvgIpc) is 2.51. The van der Waals surface area contributed by atoms with E-state index in [1.54, 1.807) is 0 Å². The zero-order valence-electron chi connectivity index (χ0n) is 15.4. The molecule has 1 saturated heterocycles. The number of nitrogens with zero attached hydrogens (tertiary/aromatic N) is 2. The van der Waals surface area contributed by atoms with Crippen LogP contribution in [0.1, 0.15) is 27.7 Å². The van der Waals surface area contributed by atoms with Gasteiger partial charge in [0.2, 0.25) is 10.0 Å². The Morgan fingerprint density at radius 1 is 1.35 bits per heavy atom. The highest BCUT2D eigenvalue weighted by atomic mass is 32.2. The summed E-state index contributed by atoms with van der Waals surface area (Å²) < 4.78 is 29.4. The molecule has 3 N–H and O–H groups in total. The molecule has 0 bridgehead atoms. The molecule has 1 aromatic carbocycles. The van der Waals surface area contributed by atoms with E-state index in [0.29, 0.717) is 6.54 Å². The lowest BCUT2D eigenvalue weighted by Crippen LogP contribution is -2.57. The van der Waals surface area contributed by atoms with Crippen LogP contribution in [0.15, 0.2) is 23.1 Å². The van der Waals surface area contributed by atoms with Gasteiger partial charge in [0.15, 0.2) is 0 Å². The highest BCUT2D eigenvalue weighted by Crippen LogP contribution is 2.27. The highest BCUT2D eigenvalue weighted by Gasteiger charge is 2.33. The molecule has 146 valence electrons. The topological polar surface area (TPSA) is 128 Å². The Kier molecular flexibility index (Phi) is 5.91. The van der Waals surface area contributed by atoms with Crippen LogP contribution in [0.3, 0.4) is 0 Å². The van der Waals surface area contributed by atoms with E-state index >= 15 is 0 Å². The minimum atomic E-state index is -4.10. The molecule has 1 aromatic rings. The van der Waals surface area contributed by atoms with Gasteiger partial charge in [-0.2, -0.15) is 0 Å². The van der Waals surface area contributed by atoms with Crippen molar-refractivity contribution < 1.29 is 18.1 Å². The minimum Gasteiger partial charge on any atom is -0.382 e. The van der Waals surface area contributed by atoms with Gasteiger partial charge in [-0.25, -0.2) is 13.6 Å². The molecular weight excluding hydrogens is 360 g/mol. The summed E-state index contributed by atoms with van der Waals surface area (Å²) in [5.74, 6) is 0. The van der Waals surface area contributed by atoms with Crippen molar-refractivity contribution in [2.45, 2.75) is 50.3 Å². The number of rotatable bonds is 6. The van der Waals surface area contributed by atoms with Gasteiger partial charge in [0.1, 0.15) is 4.90 Å². The second-order valence-corrected chi connectivity index (χ2v) is 8.84. The van der Waals surface area contributed by atoms with Crippen molar-refractivity contribution in [1.82, 2.24) is 4.90 Å². The molecule has 0 unspecified atom stereocenters. The fourth-order valence-electron chi connectivity index (χ4n) is 3.10. The van der Waals surface area contributed by atoms with Crippen LogP contribution < -0.4 is 10.5 Å². The molecule has 2 atom stereocenters. The second-order valence-electron chi connectivity index (χ2n) is 7.31. The summed E-state index contributed by atoms with van der Waals surface area (Å²) in [6, 6.07) is 3.60. The molecule has 26 heavy (non-hydrogen) atoms. The number of nitrogens with one attached hydrogen (secondary N) is 1. The summed E-state index contributed by atoms with van der Waals surface area (Å²) in [5, 5.41) is 19.2. The first-order valence-electron chi connectivity index (χ1n) is 8.36. The highest BCUT2D eigenvalue weighted by molar-refractivity contribution is 7.89. The second kappa shape index (κ2) is 7.47. The van der Waals surface area contributed by atoms with Gasteiger partial charge in [0.25, 0.3) is 5.69 Å². The quantitative estimate of drug-likeness (QED) is 0.560. The van der Waals surface area contributed by atoms with Gasteiger partial charge in [-0.15, -0.1) is 0 Å². The Morgan fingerprint density at radius 2 is 1.92 bits per heavy atom. The zero-order valence-corrected chi connectivity index (χ0v) is 16.2. The third-order valence-electron chi connectivity index (χ3n) is 4.47. The van der Waals surface area contributed by atoms with Crippen molar-refractivity contribution in [1.29, 1.82) is 0 Å². The molecule has 2 rings (SSSR count). The van der Waals surface area contributed by atoms with Crippen molar-refractivity contribution in [2.75, 3.05) is 25.0 Å². The van der Waals surface area contributed by atoms with E-state index in [0.717, 1.165) is 19.2 Å². The Labute approximate surface area is 153 Å². The van der Waals surface area contributed by atoms with Crippen LogP contribution in [0.5, 0.6) is 0 Å². The SMILES string of the molecule is C[C@@H]1CN(C(C)(C)CNc2ccc([N+](=O)[O-])cc2S(N)(=O)=O)C[C@@H](C)O1. The Hall–Kier alpha value is -1.75. The molecule has 1 aliphatic rings. The van der Waals surface area contributed by atoms with E-state index in [4.69, 9.17) is 9.88 Å². The lowest BCUT2D eigenvalue weighted by Gasteiger charge is -2.45. The molecule has 1 heterocycles. The fraction of sp³-hybridized carbons (Fsp3) is 0.625. The molecule has 0 saturated carbocycles. The number of morpholine rings is 1. The zero-order chi connectivity index (χ0) is 19.7. The van der Waals surface area contributed by atoms with E-state index in [-0.39, 0.29) is 34.0 Å². The number of ether oxygens (including phenoxy) is 1. The van der Waals surface area contributed by atoms with Crippen molar-refractivity contribution >= 4 is 21.4 Å². The van der Waals surface area contributed by atoms with Crippen LogP contribution in [-0.2, 0) is 14.8 Å². The number of hydrogen-bond donors (Lipinski definition) is 2. The van der Waals surface area contributed by atoms with E-state index in [2.05, 4.69) is 10.2 Å². The van der Waals surface area contributed by atoms with Gasteiger partial charge in [-0.05, 0) is 33.8 Å². The number of anilines is 1. The number of non-ortho nitro benzene ring substituents is 1. The summed E-state index contributed by atoms with van der Waals surface area (Å²) in [4.78, 5) is 12.2. The summed E-state index contributed by atoms with van der Waals surface area (Å²) >= 11 is 0. The molecule has 1 fully saturated rings. The molecule has 9 nitrogen and oxygen atoms in total. The average molecular weight is 386 g/mol. The van der Waals surface area contributed by atoms with Gasteiger partial charge in [-0.1, -0.05) is 0 Å². The Balaban J connectivity index is 2.21. The van der Waals surface area contributed by atoms with Gasteiger partial charge in [-0.3, -0.25) is 15.0 Å². The monoisotopic (exact) mass is 386 g/mol. The summed E-state index contributed by atoms with van der Waals surface area (Å²) in [5.41, 5.74) is -0.362. The first-order valence-corrected chi connectivity index (χ1v) is 9.90. The van der Waals surface area contributed by atoms with Crippen LogP contribution in [0.2, 0.25) is 0 Å². The van der Waals surface area contributed by atoms with Gasteiger partial charge in [0.05, 0.1) is 22.8 Å². The van der Waals surface area contributed by atoms with Gasteiger partial charge in [0, 0.05) is 37.3 Å².